The van der Waals surface area contributed by atoms with Crippen LogP contribution in [0.25, 0.3) is 6.08 Å². The number of halogens is 1. The van der Waals surface area contributed by atoms with Crippen molar-refractivity contribution in [1.82, 2.24) is 5.32 Å². The van der Waals surface area contributed by atoms with Crippen molar-refractivity contribution >= 4 is 62.9 Å². The molecule has 4 rings (SSSR count). The Labute approximate surface area is 265 Å². The number of anilines is 2. The molecular formula is C35H34BrN3O3S. The molecule has 0 saturated carbocycles. The zero-order valence-corrected chi connectivity index (χ0v) is 26.7. The van der Waals surface area contributed by atoms with Crippen LogP contribution in [0.1, 0.15) is 47.3 Å². The van der Waals surface area contributed by atoms with E-state index >= 15 is 0 Å². The number of para-hydroxylation sites is 1. The van der Waals surface area contributed by atoms with Crippen molar-refractivity contribution in [2.45, 2.75) is 43.8 Å². The number of nitrogens with one attached hydrogen (secondary N) is 3. The lowest BCUT2D eigenvalue weighted by atomic mass is 10.1. The van der Waals surface area contributed by atoms with Gasteiger partial charge in [-0.25, -0.2) is 0 Å². The summed E-state index contributed by atoms with van der Waals surface area (Å²) in [5, 5.41) is 8.49. The summed E-state index contributed by atoms with van der Waals surface area (Å²) in [5.74, 6) is -0.917. The molecule has 0 bridgehead atoms. The van der Waals surface area contributed by atoms with Gasteiger partial charge < -0.3 is 16.0 Å². The van der Waals surface area contributed by atoms with Crippen LogP contribution in [0.5, 0.6) is 0 Å². The second-order valence-corrected chi connectivity index (χ2v) is 12.1. The highest BCUT2D eigenvalue weighted by Crippen LogP contribution is 2.30. The number of carbonyl (C=O) groups is 3. The molecule has 3 amide bonds. The Kier molecular flexibility index (Phi) is 11.4. The molecule has 4 aromatic rings. The smallest absolute Gasteiger partial charge is 0.272 e. The standard InChI is InChI=1S/C35H34BrN3O3S/c1-4-25-14-9-11-23(3)32(25)39-35(42)31(5-2)43-29-16-10-15-28(22-29)37-34(41)30(21-24-17-19-27(36)20-18-24)38-33(40)26-12-7-6-8-13-26/h6-22,31H,4-5H2,1-3H3,(H,37,41)(H,38,40)(H,39,42)/b30-21+. The average molecular weight is 657 g/mol. The van der Waals surface area contributed by atoms with Crippen molar-refractivity contribution in [3.8, 4) is 0 Å². The van der Waals surface area contributed by atoms with Crippen molar-refractivity contribution < 1.29 is 14.4 Å². The Morgan fingerprint density at radius 3 is 2.28 bits per heavy atom. The summed E-state index contributed by atoms with van der Waals surface area (Å²) in [6, 6.07) is 29.5. The van der Waals surface area contributed by atoms with Gasteiger partial charge in [0.15, 0.2) is 0 Å². The molecule has 0 radical (unpaired) electrons. The van der Waals surface area contributed by atoms with Crippen molar-refractivity contribution in [3.63, 3.8) is 0 Å². The highest BCUT2D eigenvalue weighted by molar-refractivity contribution is 9.10. The lowest BCUT2D eigenvalue weighted by Gasteiger charge is -2.18. The molecule has 3 N–H and O–H groups in total. The van der Waals surface area contributed by atoms with Crippen LogP contribution in [0.2, 0.25) is 0 Å². The highest BCUT2D eigenvalue weighted by atomic mass is 79.9. The number of hydrogen-bond donors (Lipinski definition) is 3. The fourth-order valence-corrected chi connectivity index (χ4v) is 5.68. The molecule has 8 heteroatoms. The van der Waals surface area contributed by atoms with Gasteiger partial charge in [-0.05, 0) is 85.0 Å². The molecule has 4 aromatic carbocycles. The number of amides is 3. The zero-order chi connectivity index (χ0) is 30.8. The van der Waals surface area contributed by atoms with E-state index in [0.29, 0.717) is 17.7 Å². The van der Waals surface area contributed by atoms with Crippen molar-refractivity contribution in [3.05, 3.63) is 129 Å². The Balaban J connectivity index is 1.51. The van der Waals surface area contributed by atoms with Gasteiger partial charge in [0, 0.05) is 26.3 Å². The van der Waals surface area contributed by atoms with E-state index in [0.717, 1.165) is 38.2 Å². The van der Waals surface area contributed by atoms with Crippen LogP contribution in [0.3, 0.4) is 0 Å². The minimum Gasteiger partial charge on any atom is -0.325 e. The summed E-state index contributed by atoms with van der Waals surface area (Å²) in [4.78, 5) is 40.5. The third-order valence-electron chi connectivity index (χ3n) is 6.73. The normalized spacial score (nSPS) is 11.9. The molecule has 0 spiro atoms. The molecule has 220 valence electrons. The highest BCUT2D eigenvalue weighted by Gasteiger charge is 2.21. The van der Waals surface area contributed by atoms with Gasteiger partial charge >= 0.3 is 0 Å². The molecule has 0 saturated heterocycles. The maximum atomic E-state index is 13.5. The van der Waals surface area contributed by atoms with Crippen molar-refractivity contribution in [2.24, 2.45) is 0 Å². The van der Waals surface area contributed by atoms with Crippen LogP contribution < -0.4 is 16.0 Å². The lowest BCUT2D eigenvalue weighted by molar-refractivity contribution is -0.116. The van der Waals surface area contributed by atoms with Gasteiger partial charge in [0.25, 0.3) is 11.8 Å². The maximum Gasteiger partial charge on any atom is 0.272 e. The Hall–Kier alpha value is -4.14. The topological polar surface area (TPSA) is 87.3 Å². The van der Waals surface area contributed by atoms with Crippen LogP contribution in [0.4, 0.5) is 11.4 Å². The number of carbonyl (C=O) groups excluding carboxylic acids is 3. The summed E-state index contributed by atoms with van der Waals surface area (Å²) >= 11 is 4.87. The van der Waals surface area contributed by atoms with E-state index in [4.69, 9.17) is 0 Å². The van der Waals surface area contributed by atoms with Gasteiger partial charge in [0.05, 0.1) is 5.25 Å². The second kappa shape index (κ2) is 15.4. The van der Waals surface area contributed by atoms with Gasteiger partial charge in [-0.2, -0.15) is 0 Å². The van der Waals surface area contributed by atoms with E-state index in [1.807, 2.05) is 80.6 Å². The van der Waals surface area contributed by atoms with Gasteiger partial charge in [0.2, 0.25) is 5.91 Å². The second-order valence-electron chi connectivity index (χ2n) is 9.88. The lowest BCUT2D eigenvalue weighted by Crippen LogP contribution is -2.30. The number of benzene rings is 4. The minimum atomic E-state index is -0.467. The predicted molar refractivity (Wildman–Crippen MR) is 180 cm³/mol. The van der Waals surface area contributed by atoms with E-state index < -0.39 is 5.91 Å². The Bertz CT molecular complexity index is 1620. The molecular weight excluding hydrogens is 622 g/mol. The largest absolute Gasteiger partial charge is 0.325 e. The van der Waals surface area contributed by atoms with E-state index in [2.05, 4.69) is 38.8 Å². The van der Waals surface area contributed by atoms with E-state index in [9.17, 15) is 14.4 Å². The van der Waals surface area contributed by atoms with Gasteiger partial charge in [-0.3, -0.25) is 14.4 Å². The molecule has 6 nitrogen and oxygen atoms in total. The summed E-state index contributed by atoms with van der Waals surface area (Å²) in [6.07, 6.45) is 3.09. The average Bonchev–Trinajstić information content (AvgIpc) is 3.02. The first-order valence-corrected chi connectivity index (χ1v) is 15.8. The van der Waals surface area contributed by atoms with Crippen LogP contribution in [0.15, 0.2) is 112 Å². The number of thioether (sulfide) groups is 1. The molecule has 43 heavy (non-hydrogen) atoms. The molecule has 1 unspecified atom stereocenters. The van der Waals surface area contributed by atoms with E-state index in [1.54, 1.807) is 36.4 Å². The van der Waals surface area contributed by atoms with Crippen LogP contribution in [-0.2, 0) is 16.0 Å². The fraction of sp³-hybridized carbons (Fsp3) is 0.171. The molecule has 1 atom stereocenters. The van der Waals surface area contributed by atoms with Crippen molar-refractivity contribution in [2.75, 3.05) is 10.6 Å². The molecule has 0 heterocycles. The zero-order valence-electron chi connectivity index (χ0n) is 24.3. The van der Waals surface area contributed by atoms with Crippen LogP contribution in [-0.4, -0.2) is 23.0 Å². The first-order chi connectivity index (χ1) is 20.8. The molecule has 0 aromatic heterocycles. The molecule has 0 aliphatic carbocycles. The first-order valence-electron chi connectivity index (χ1n) is 14.1. The molecule has 0 aliphatic heterocycles. The van der Waals surface area contributed by atoms with Crippen molar-refractivity contribution in [1.29, 1.82) is 0 Å². The minimum absolute atomic E-state index is 0.0609. The van der Waals surface area contributed by atoms with Gasteiger partial charge in [-0.1, -0.05) is 84.4 Å². The summed E-state index contributed by atoms with van der Waals surface area (Å²) < 4.78 is 0.905. The van der Waals surface area contributed by atoms with E-state index in [1.165, 1.54) is 11.8 Å². The van der Waals surface area contributed by atoms with Crippen LogP contribution >= 0.6 is 27.7 Å². The summed E-state index contributed by atoms with van der Waals surface area (Å²) in [5.41, 5.74) is 4.85. The third-order valence-corrected chi connectivity index (χ3v) is 8.62. The SMILES string of the molecule is CCc1cccc(C)c1NC(=O)C(CC)Sc1cccc(NC(=O)/C(=C\c2ccc(Br)cc2)NC(=O)c2ccccc2)c1. The number of hydrogen-bond acceptors (Lipinski definition) is 4. The van der Waals surface area contributed by atoms with Gasteiger partial charge in [0.1, 0.15) is 5.70 Å². The Morgan fingerprint density at radius 2 is 1.58 bits per heavy atom. The quantitative estimate of drug-likeness (QED) is 0.112. The number of aryl methyl sites for hydroxylation is 2. The van der Waals surface area contributed by atoms with E-state index in [-0.39, 0.29) is 22.8 Å². The monoisotopic (exact) mass is 655 g/mol. The number of rotatable bonds is 11. The molecule has 0 aliphatic rings. The maximum absolute atomic E-state index is 13.5. The molecule has 0 fully saturated rings. The predicted octanol–water partition coefficient (Wildman–Crippen LogP) is 8.24. The third kappa shape index (κ3) is 8.92. The first kappa shape index (κ1) is 31.8. The summed E-state index contributed by atoms with van der Waals surface area (Å²) in [6.45, 7) is 6.05. The fourth-order valence-electron chi connectivity index (χ4n) is 4.41. The summed E-state index contributed by atoms with van der Waals surface area (Å²) in [7, 11) is 0. The Morgan fingerprint density at radius 1 is 0.860 bits per heavy atom. The van der Waals surface area contributed by atoms with Crippen LogP contribution in [0, 0.1) is 6.92 Å². The van der Waals surface area contributed by atoms with Gasteiger partial charge in [-0.15, -0.1) is 11.8 Å².